The monoisotopic (exact) mass is 222 g/mol. The van der Waals surface area contributed by atoms with Crippen molar-refractivity contribution in [3.05, 3.63) is 12.2 Å². The van der Waals surface area contributed by atoms with E-state index in [2.05, 4.69) is 4.74 Å². The Bertz CT molecular complexity index is 438. The molecule has 16 heavy (non-hydrogen) atoms. The third-order valence-corrected chi connectivity index (χ3v) is 4.03. The molecular weight excluding hydrogens is 212 g/mol. The maximum atomic E-state index is 11.6. The largest absolute Gasteiger partial charge is 0.481 e. The molecule has 0 amide bonds. The van der Waals surface area contributed by atoms with Crippen LogP contribution in [0.15, 0.2) is 12.2 Å². The van der Waals surface area contributed by atoms with Crippen molar-refractivity contribution in [2.45, 2.75) is 12.8 Å². The Morgan fingerprint density at radius 2 is 2.19 bits per heavy atom. The summed E-state index contributed by atoms with van der Waals surface area (Å²) in [5.41, 5.74) is -1.22. The van der Waals surface area contributed by atoms with Crippen molar-refractivity contribution in [1.29, 1.82) is 0 Å². The second kappa shape index (κ2) is 2.72. The number of esters is 2. The van der Waals surface area contributed by atoms with Crippen molar-refractivity contribution in [3.8, 4) is 0 Å². The molecule has 1 heterocycles. The first-order valence-electron chi connectivity index (χ1n) is 5.24. The Balaban J connectivity index is 2.16. The third kappa shape index (κ3) is 0.887. The zero-order chi connectivity index (χ0) is 11.5. The van der Waals surface area contributed by atoms with Gasteiger partial charge >= 0.3 is 17.9 Å². The minimum Gasteiger partial charge on any atom is -0.481 e. The van der Waals surface area contributed by atoms with Gasteiger partial charge in [-0.3, -0.25) is 14.4 Å². The predicted molar refractivity (Wildman–Crippen MR) is 50.0 cm³/mol. The molecule has 0 aromatic rings. The molecule has 84 valence electrons. The van der Waals surface area contributed by atoms with Gasteiger partial charge in [0.05, 0.1) is 17.3 Å². The second-order valence-electron chi connectivity index (χ2n) is 4.65. The van der Waals surface area contributed by atoms with Gasteiger partial charge in [0.25, 0.3) is 0 Å². The van der Waals surface area contributed by atoms with Crippen LogP contribution in [0.5, 0.6) is 0 Å². The molecule has 1 N–H and O–H groups in total. The summed E-state index contributed by atoms with van der Waals surface area (Å²) in [5.74, 6) is -3.71. The van der Waals surface area contributed by atoms with Crippen molar-refractivity contribution < 1.29 is 24.2 Å². The molecule has 0 aromatic carbocycles. The van der Waals surface area contributed by atoms with Crippen molar-refractivity contribution in [2.75, 3.05) is 0 Å². The van der Waals surface area contributed by atoms with E-state index in [1.807, 2.05) is 0 Å². The molecular formula is C11H10O5. The van der Waals surface area contributed by atoms with Gasteiger partial charge < -0.3 is 9.84 Å². The number of carboxylic acids is 1. The van der Waals surface area contributed by atoms with E-state index >= 15 is 0 Å². The van der Waals surface area contributed by atoms with Crippen LogP contribution in [0.3, 0.4) is 0 Å². The Morgan fingerprint density at radius 1 is 1.44 bits per heavy atom. The molecule has 4 atom stereocenters. The smallest absolute Gasteiger partial charge is 0.318 e. The lowest BCUT2D eigenvalue weighted by Crippen LogP contribution is -2.51. The summed E-state index contributed by atoms with van der Waals surface area (Å²) < 4.78 is 4.58. The maximum Gasteiger partial charge on any atom is 0.318 e. The third-order valence-electron chi connectivity index (χ3n) is 4.03. The molecule has 5 nitrogen and oxygen atoms in total. The summed E-state index contributed by atoms with van der Waals surface area (Å²) in [7, 11) is 0. The highest BCUT2D eigenvalue weighted by Gasteiger charge is 2.64. The van der Waals surface area contributed by atoms with E-state index in [9.17, 15) is 19.5 Å². The summed E-state index contributed by atoms with van der Waals surface area (Å²) in [6.07, 6.45) is 4.36. The number of carbonyl (C=O) groups is 3. The van der Waals surface area contributed by atoms with Crippen LogP contribution < -0.4 is 0 Å². The fourth-order valence-corrected chi connectivity index (χ4v) is 3.22. The van der Waals surface area contributed by atoms with Crippen LogP contribution in [0, 0.1) is 23.2 Å². The molecule has 4 aliphatic rings. The van der Waals surface area contributed by atoms with Gasteiger partial charge in [0.15, 0.2) is 0 Å². The molecule has 0 aromatic heterocycles. The van der Waals surface area contributed by atoms with E-state index < -0.39 is 35.2 Å². The fraction of sp³-hybridized carbons (Fsp3) is 0.545. The minimum absolute atomic E-state index is 0.0369. The summed E-state index contributed by atoms with van der Waals surface area (Å²) in [6.45, 7) is 0. The standard InChI is InChI=1S/C11H10O5/c12-8-6-5-1-3-11(4-2-5,10(14)15)7(6)9(13)16-8/h1,3,5-7H,2,4H2,(H,14,15)/t5-,6-,7+,11+/m0/s1. The van der Waals surface area contributed by atoms with Gasteiger partial charge in [-0.25, -0.2) is 0 Å². The van der Waals surface area contributed by atoms with E-state index in [4.69, 9.17) is 0 Å². The number of rotatable bonds is 1. The summed E-state index contributed by atoms with van der Waals surface area (Å²) in [5, 5.41) is 9.29. The number of allylic oxidation sites excluding steroid dienone is 1. The second-order valence-corrected chi connectivity index (χ2v) is 4.65. The van der Waals surface area contributed by atoms with Crippen molar-refractivity contribution in [2.24, 2.45) is 23.2 Å². The van der Waals surface area contributed by atoms with Crippen molar-refractivity contribution >= 4 is 17.9 Å². The van der Waals surface area contributed by atoms with E-state index in [-0.39, 0.29) is 5.92 Å². The van der Waals surface area contributed by atoms with Crippen LogP contribution >= 0.6 is 0 Å². The van der Waals surface area contributed by atoms with Gasteiger partial charge in [0, 0.05) is 0 Å². The predicted octanol–water partition coefficient (Wildman–Crippen LogP) is 0.353. The molecule has 0 spiro atoms. The number of fused-ring (bicyclic) bond motifs is 1. The van der Waals surface area contributed by atoms with Crippen LogP contribution in [0.2, 0.25) is 0 Å². The molecule has 2 fully saturated rings. The highest BCUT2D eigenvalue weighted by atomic mass is 16.6. The topological polar surface area (TPSA) is 80.7 Å². The lowest BCUT2D eigenvalue weighted by Gasteiger charge is -2.44. The SMILES string of the molecule is O=C1OC(=O)[C@H]2[C@@H]1[C@H]1C=C[C@@]2(C(=O)O)CC1. The van der Waals surface area contributed by atoms with Crippen LogP contribution in [-0.4, -0.2) is 23.0 Å². The molecule has 1 saturated heterocycles. The van der Waals surface area contributed by atoms with Gasteiger partial charge in [-0.2, -0.15) is 0 Å². The zero-order valence-electron chi connectivity index (χ0n) is 8.38. The average molecular weight is 222 g/mol. The molecule has 5 heteroatoms. The minimum atomic E-state index is -1.22. The van der Waals surface area contributed by atoms with Crippen LogP contribution in [0.1, 0.15) is 12.8 Å². The number of carbonyl (C=O) groups excluding carboxylic acids is 2. The van der Waals surface area contributed by atoms with E-state index in [1.54, 1.807) is 12.2 Å². The molecule has 0 radical (unpaired) electrons. The van der Waals surface area contributed by atoms with Gasteiger partial charge in [-0.15, -0.1) is 0 Å². The number of carboxylic acid groups (broad SMARTS) is 1. The first-order chi connectivity index (χ1) is 7.56. The number of hydrogen-bond donors (Lipinski definition) is 1. The Hall–Kier alpha value is -1.65. The maximum absolute atomic E-state index is 11.6. The summed E-state index contributed by atoms with van der Waals surface area (Å²) >= 11 is 0. The lowest BCUT2D eigenvalue weighted by molar-refractivity contribution is -0.161. The van der Waals surface area contributed by atoms with Crippen LogP contribution in [0.4, 0.5) is 0 Å². The lowest BCUT2D eigenvalue weighted by atomic mass is 9.55. The van der Waals surface area contributed by atoms with Crippen LogP contribution in [0.25, 0.3) is 0 Å². The number of hydrogen-bond acceptors (Lipinski definition) is 4. The van der Waals surface area contributed by atoms with Crippen molar-refractivity contribution in [1.82, 2.24) is 0 Å². The van der Waals surface area contributed by atoms with Gasteiger partial charge in [-0.1, -0.05) is 12.2 Å². The van der Waals surface area contributed by atoms with E-state index in [0.29, 0.717) is 12.8 Å². The molecule has 3 aliphatic carbocycles. The first-order valence-corrected chi connectivity index (χ1v) is 5.24. The molecule has 4 rings (SSSR count). The van der Waals surface area contributed by atoms with E-state index in [0.717, 1.165) is 0 Å². The number of aliphatic carboxylic acids is 1. The number of cyclic esters (lactones) is 2. The normalized spacial score (nSPS) is 44.4. The molecule has 1 aliphatic heterocycles. The number of ether oxygens (including phenoxy) is 1. The van der Waals surface area contributed by atoms with Gasteiger partial charge in [-0.05, 0) is 18.8 Å². The molecule has 2 bridgehead atoms. The highest BCUT2D eigenvalue weighted by Crippen LogP contribution is 2.56. The fourth-order valence-electron chi connectivity index (χ4n) is 3.22. The zero-order valence-corrected chi connectivity index (χ0v) is 8.38. The quantitative estimate of drug-likeness (QED) is 0.393. The Labute approximate surface area is 91.1 Å². The first kappa shape index (κ1) is 9.57. The van der Waals surface area contributed by atoms with Gasteiger partial charge in [0.1, 0.15) is 0 Å². The van der Waals surface area contributed by atoms with Crippen molar-refractivity contribution in [3.63, 3.8) is 0 Å². The Kier molecular flexibility index (Phi) is 1.63. The highest BCUT2D eigenvalue weighted by molar-refractivity contribution is 6.01. The molecule has 1 saturated carbocycles. The average Bonchev–Trinajstić information content (AvgIpc) is 2.58. The summed E-state index contributed by atoms with van der Waals surface area (Å²) in [4.78, 5) is 34.4. The van der Waals surface area contributed by atoms with E-state index in [1.165, 1.54) is 0 Å². The van der Waals surface area contributed by atoms with Gasteiger partial charge in [0.2, 0.25) is 0 Å². The molecule has 0 unspecified atom stereocenters. The summed E-state index contributed by atoms with van der Waals surface area (Å²) in [6, 6.07) is 0. The van der Waals surface area contributed by atoms with Crippen LogP contribution in [-0.2, 0) is 19.1 Å². The Morgan fingerprint density at radius 3 is 2.75 bits per heavy atom.